The van der Waals surface area contributed by atoms with E-state index in [0.29, 0.717) is 5.33 Å². The molecule has 0 aliphatic carbocycles. The van der Waals surface area contributed by atoms with E-state index in [0.717, 1.165) is 5.56 Å². The van der Waals surface area contributed by atoms with E-state index < -0.39 is 35.4 Å². The minimum absolute atomic E-state index is 0.00285. The van der Waals surface area contributed by atoms with Crippen molar-refractivity contribution >= 4 is 26.0 Å². The minimum atomic E-state index is -3.92. The van der Waals surface area contributed by atoms with E-state index in [-0.39, 0.29) is 4.90 Å². The highest BCUT2D eigenvalue weighted by atomic mass is 79.9. The fourth-order valence-corrected chi connectivity index (χ4v) is 3.10. The summed E-state index contributed by atoms with van der Waals surface area (Å²) < 4.78 is 26.3. The van der Waals surface area contributed by atoms with Crippen molar-refractivity contribution in [2.75, 3.05) is 19.8 Å². The lowest BCUT2D eigenvalue weighted by molar-refractivity contribution is 0.0582. The van der Waals surface area contributed by atoms with Crippen LogP contribution >= 0.6 is 15.9 Å². The standard InChI is InChI=1S/C11H16BrNO5S/c12-5-9-1-3-10(4-2-9)19(17,18)13-11(6-14,7-15)8-16/h1-4,13-16H,5-8H2. The highest BCUT2D eigenvalue weighted by Gasteiger charge is 2.33. The fraction of sp³-hybridized carbons (Fsp3) is 0.455. The number of nitrogens with one attached hydrogen (secondary N) is 1. The topological polar surface area (TPSA) is 107 Å². The molecule has 0 radical (unpaired) electrons. The van der Waals surface area contributed by atoms with Crippen LogP contribution in [0.25, 0.3) is 0 Å². The van der Waals surface area contributed by atoms with E-state index in [9.17, 15) is 8.42 Å². The molecule has 0 bridgehead atoms. The predicted octanol–water partition coefficient (Wildman–Crippen LogP) is -0.425. The van der Waals surface area contributed by atoms with Gasteiger partial charge in [0.25, 0.3) is 0 Å². The Balaban J connectivity index is 3.03. The molecular formula is C11H16BrNO5S. The first kappa shape index (κ1) is 16.5. The summed E-state index contributed by atoms with van der Waals surface area (Å²) in [6, 6.07) is 6.11. The van der Waals surface area contributed by atoms with Gasteiger partial charge in [-0.25, -0.2) is 8.42 Å². The summed E-state index contributed by atoms with van der Waals surface area (Å²) in [5.74, 6) is 0. The number of sulfonamides is 1. The Morgan fingerprint density at radius 3 is 1.89 bits per heavy atom. The highest BCUT2D eigenvalue weighted by molar-refractivity contribution is 9.08. The fourth-order valence-electron chi connectivity index (χ4n) is 1.35. The van der Waals surface area contributed by atoms with E-state index in [2.05, 4.69) is 20.7 Å². The van der Waals surface area contributed by atoms with Gasteiger partial charge in [-0.05, 0) is 17.7 Å². The lowest BCUT2D eigenvalue weighted by atomic mass is 10.1. The normalized spacial score (nSPS) is 12.6. The van der Waals surface area contributed by atoms with E-state index >= 15 is 0 Å². The lowest BCUT2D eigenvalue weighted by Crippen LogP contribution is -2.56. The quantitative estimate of drug-likeness (QED) is 0.498. The van der Waals surface area contributed by atoms with E-state index in [4.69, 9.17) is 15.3 Å². The first-order valence-corrected chi connectivity index (χ1v) is 8.05. The van der Waals surface area contributed by atoms with Crippen molar-refractivity contribution in [1.82, 2.24) is 4.72 Å². The second kappa shape index (κ2) is 6.78. The van der Waals surface area contributed by atoms with Crippen molar-refractivity contribution in [1.29, 1.82) is 0 Å². The van der Waals surface area contributed by atoms with Crippen LogP contribution in [0.15, 0.2) is 29.2 Å². The zero-order valence-electron chi connectivity index (χ0n) is 10.1. The molecule has 1 aromatic rings. The Kier molecular flexibility index (Phi) is 5.90. The monoisotopic (exact) mass is 353 g/mol. The number of alkyl halides is 1. The SMILES string of the molecule is O=S(=O)(NC(CO)(CO)CO)c1ccc(CBr)cc1. The van der Waals surface area contributed by atoms with Gasteiger partial charge in [0, 0.05) is 5.33 Å². The number of hydrogen-bond donors (Lipinski definition) is 4. The van der Waals surface area contributed by atoms with Crippen molar-refractivity contribution in [3.8, 4) is 0 Å². The molecule has 0 saturated heterocycles. The van der Waals surface area contributed by atoms with Crippen LogP contribution < -0.4 is 4.72 Å². The maximum absolute atomic E-state index is 12.1. The van der Waals surface area contributed by atoms with Gasteiger partial charge in [-0.1, -0.05) is 28.1 Å². The van der Waals surface area contributed by atoms with Crippen LogP contribution in [0.3, 0.4) is 0 Å². The Bertz CT molecular complexity index is 490. The highest BCUT2D eigenvalue weighted by Crippen LogP contribution is 2.15. The van der Waals surface area contributed by atoms with Crippen molar-refractivity contribution in [3.05, 3.63) is 29.8 Å². The third-order valence-electron chi connectivity index (χ3n) is 2.65. The van der Waals surface area contributed by atoms with Gasteiger partial charge < -0.3 is 15.3 Å². The van der Waals surface area contributed by atoms with Crippen molar-refractivity contribution in [2.24, 2.45) is 0 Å². The molecule has 108 valence electrons. The van der Waals surface area contributed by atoms with Crippen LogP contribution in [0.1, 0.15) is 5.56 Å². The van der Waals surface area contributed by atoms with E-state index in [1.807, 2.05) is 0 Å². The molecule has 0 aromatic heterocycles. The molecule has 1 rings (SSSR count). The number of halogens is 1. The van der Waals surface area contributed by atoms with Gasteiger partial charge in [0.1, 0.15) is 5.54 Å². The van der Waals surface area contributed by atoms with Gasteiger partial charge in [0.15, 0.2) is 0 Å². The summed E-state index contributed by atoms with van der Waals surface area (Å²) in [6.07, 6.45) is 0. The third-order valence-corrected chi connectivity index (χ3v) is 4.89. The Hall–Kier alpha value is -0.510. The van der Waals surface area contributed by atoms with E-state index in [1.165, 1.54) is 12.1 Å². The largest absolute Gasteiger partial charge is 0.394 e. The zero-order chi connectivity index (χ0) is 14.5. The summed E-state index contributed by atoms with van der Waals surface area (Å²) in [5, 5.41) is 28.0. The summed E-state index contributed by atoms with van der Waals surface area (Å²) >= 11 is 3.25. The summed E-state index contributed by atoms with van der Waals surface area (Å²) in [5.41, 5.74) is -0.760. The first-order chi connectivity index (χ1) is 8.93. The molecule has 0 spiro atoms. The molecular weight excluding hydrogens is 338 g/mol. The zero-order valence-corrected chi connectivity index (χ0v) is 12.5. The summed E-state index contributed by atoms with van der Waals surface area (Å²) in [6.45, 7) is -2.13. The Morgan fingerprint density at radius 1 is 1.05 bits per heavy atom. The second-order valence-electron chi connectivity index (χ2n) is 4.14. The molecule has 0 aliphatic heterocycles. The van der Waals surface area contributed by atoms with Crippen LogP contribution in [0.2, 0.25) is 0 Å². The summed E-state index contributed by atoms with van der Waals surface area (Å²) in [4.78, 5) is -0.00285. The van der Waals surface area contributed by atoms with Gasteiger partial charge in [0.05, 0.1) is 24.7 Å². The van der Waals surface area contributed by atoms with Crippen molar-refractivity contribution in [2.45, 2.75) is 15.8 Å². The second-order valence-corrected chi connectivity index (χ2v) is 6.38. The smallest absolute Gasteiger partial charge is 0.241 e. The van der Waals surface area contributed by atoms with Crippen molar-refractivity contribution < 1.29 is 23.7 Å². The average molecular weight is 354 g/mol. The third kappa shape index (κ3) is 3.98. The summed E-state index contributed by atoms with van der Waals surface area (Å²) in [7, 11) is -3.92. The molecule has 0 saturated carbocycles. The Morgan fingerprint density at radius 2 is 1.53 bits per heavy atom. The lowest BCUT2D eigenvalue weighted by Gasteiger charge is -2.28. The molecule has 4 N–H and O–H groups in total. The molecule has 0 aliphatic rings. The molecule has 0 amide bonds. The maximum Gasteiger partial charge on any atom is 0.241 e. The molecule has 6 nitrogen and oxygen atoms in total. The number of hydrogen-bond acceptors (Lipinski definition) is 5. The minimum Gasteiger partial charge on any atom is -0.394 e. The van der Waals surface area contributed by atoms with Crippen LogP contribution in [-0.4, -0.2) is 49.1 Å². The molecule has 0 unspecified atom stereocenters. The Labute approximate surface area is 120 Å². The number of rotatable bonds is 7. The number of aliphatic hydroxyl groups excluding tert-OH is 3. The molecule has 19 heavy (non-hydrogen) atoms. The van der Waals surface area contributed by atoms with Crippen LogP contribution in [-0.2, 0) is 15.4 Å². The predicted molar refractivity (Wildman–Crippen MR) is 73.4 cm³/mol. The maximum atomic E-state index is 12.1. The molecule has 1 aromatic carbocycles. The van der Waals surface area contributed by atoms with Gasteiger partial charge in [-0.3, -0.25) is 0 Å². The molecule has 8 heteroatoms. The van der Waals surface area contributed by atoms with E-state index in [1.54, 1.807) is 12.1 Å². The van der Waals surface area contributed by atoms with Gasteiger partial charge in [-0.2, -0.15) is 4.72 Å². The van der Waals surface area contributed by atoms with Gasteiger partial charge in [0.2, 0.25) is 10.0 Å². The van der Waals surface area contributed by atoms with Gasteiger partial charge in [-0.15, -0.1) is 0 Å². The van der Waals surface area contributed by atoms with Crippen LogP contribution in [0, 0.1) is 0 Å². The van der Waals surface area contributed by atoms with Crippen molar-refractivity contribution in [3.63, 3.8) is 0 Å². The number of aliphatic hydroxyl groups is 3. The molecule has 0 heterocycles. The van der Waals surface area contributed by atoms with Crippen LogP contribution in [0.4, 0.5) is 0 Å². The first-order valence-electron chi connectivity index (χ1n) is 5.44. The average Bonchev–Trinajstić information content (AvgIpc) is 2.45. The molecule has 0 atom stereocenters. The molecule has 0 fully saturated rings. The number of benzene rings is 1. The van der Waals surface area contributed by atoms with Gasteiger partial charge >= 0.3 is 0 Å². The van der Waals surface area contributed by atoms with Crippen LogP contribution in [0.5, 0.6) is 0 Å².